The summed E-state index contributed by atoms with van der Waals surface area (Å²) in [7, 11) is 0. The van der Waals surface area contributed by atoms with Crippen LogP contribution in [-0.4, -0.2) is 151 Å². The van der Waals surface area contributed by atoms with Crippen molar-refractivity contribution in [1.82, 2.24) is 5.32 Å². The van der Waals surface area contributed by atoms with Gasteiger partial charge in [-0.2, -0.15) is 0 Å². The number of amides is 1. The van der Waals surface area contributed by atoms with Gasteiger partial charge in [0.25, 0.3) is 0 Å². The number of hydrogen-bond donors (Lipinski definition) is 10. The third-order valence-corrected chi connectivity index (χ3v) is 7.78. The molecule has 2 rings (SSSR count). The summed E-state index contributed by atoms with van der Waals surface area (Å²) < 4.78 is 15.4. The van der Waals surface area contributed by atoms with Crippen LogP contribution in [0.4, 0.5) is 5.69 Å². The summed E-state index contributed by atoms with van der Waals surface area (Å²) in [5.41, 5.74) is 1.03. The Morgan fingerprint density at radius 1 is 0.898 bits per heavy atom. The van der Waals surface area contributed by atoms with E-state index in [0.29, 0.717) is 11.3 Å². The van der Waals surface area contributed by atoms with E-state index in [4.69, 9.17) is 14.2 Å². The molecule has 18 heteroatoms. The molecule has 1 aromatic rings. The molecule has 1 aromatic carbocycles. The highest BCUT2D eigenvalue weighted by Crippen LogP contribution is 2.25. The first-order valence-corrected chi connectivity index (χ1v) is 15.4. The number of esters is 1. The zero-order valence-corrected chi connectivity index (χ0v) is 27.2. The molecule has 1 aliphatic heterocycles. The number of nitrogens with one attached hydrogen (secondary N) is 2. The van der Waals surface area contributed by atoms with Gasteiger partial charge in [0.2, 0.25) is 5.91 Å². The minimum Gasteiger partial charge on any atom is -0.461 e. The quantitative estimate of drug-likeness (QED) is 0.0580. The summed E-state index contributed by atoms with van der Waals surface area (Å²) in [6.45, 7) is 1.34. The van der Waals surface area contributed by atoms with Crippen LogP contribution in [0.3, 0.4) is 0 Å². The summed E-state index contributed by atoms with van der Waals surface area (Å²) in [6, 6.07) is 5.26. The first-order chi connectivity index (χ1) is 23.0. The van der Waals surface area contributed by atoms with Crippen LogP contribution in [0.15, 0.2) is 24.3 Å². The number of Topliss-reactive ketones (excluding diaryl/α,β-unsaturated/α-hetero) is 3. The highest BCUT2D eigenvalue weighted by Gasteiger charge is 2.47. The molecule has 49 heavy (non-hydrogen) atoms. The Hall–Kier alpha value is -3.27. The average molecular weight is 703 g/mol. The Kier molecular flexibility index (Phi) is 16.9. The van der Waals surface area contributed by atoms with Gasteiger partial charge in [-0.1, -0.05) is 12.1 Å². The summed E-state index contributed by atoms with van der Waals surface area (Å²) in [4.78, 5) is 61.6. The third-order valence-electron chi connectivity index (χ3n) is 7.78. The van der Waals surface area contributed by atoms with Crippen molar-refractivity contribution in [2.24, 2.45) is 5.92 Å². The molecule has 1 amide bonds. The van der Waals surface area contributed by atoms with Gasteiger partial charge < -0.3 is 70.5 Å². The van der Waals surface area contributed by atoms with E-state index < -0.39 is 117 Å². The second-order valence-electron chi connectivity index (χ2n) is 11.8. The molecule has 276 valence electrons. The molecule has 0 aromatic heterocycles. The van der Waals surface area contributed by atoms with Gasteiger partial charge >= 0.3 is 5.97 Å². The molecule has 0 bridgehead atoms. The fraction of sp³-hybridized carbons (Fsp3) is 0.645. The van der Waals surface area contributed by atoms with E-state index in [1.54, 1.807) is 24.3 Å². The largest absolute Gasteiger partial charge is 0.461 e. The van der Waals surface area contributed by atoms with Crippen LogP contribution in [0.2, 0.25) is 0 Å². The lowest BCUT2D eigenvalue weighted by molar-refractivity contribution is -0.326. The molecule has 1 saturated heterocycles. The minimum atomic E-state index is -2.29. The first-order valence-electron chi connectivity index (χ1n) is 15.4. The Morgan fingerprint density at radius 3 is 2.08 bits per heavy atom. The van der Waals surface area contributed by atoms with Gasteiger partial charge in [-0.15, -0.1) is 0 Å². The Labute approximate surface area is 281 Å². The molecule has 0 radical (unpaired) electrons. The van der Waals surface area contributed by atoms with Crippen LogP contribution in [0.25, 0.3) is 0 Å². The van der Waals surface area contributed by atoms with E-state index in [9.17, 15) is 64.8 Å². The lowest BCUT2D eigenvalue weighted by atomic mass is 9.93. The number of carbonyl (C=O) groups is 5. The van der Waals surface area contributed by atoms with E-state index in [1.165, 1.54) is 20.8 Å². The summed E-state index contributed by atoms with van der Waals surface area (Å²) in [5, 5.41) is 85.5. The van der Waals surface area contributed by atoms with Crippen LogP contribution < -0.4 is 10.6 Å². The van der Waals surface area contributed by atoms with Crippen molar-refractivity contribution in [3.63, 3.8) is 0 Å². The maximum absolute atomic E-state index is 13.0. The summed E-state index contributed by atoms with van der Waals surface area (Å²) in [5.74, 6) is -4.18. The minimum absolute atomic E-state index is 0.0372. The van der Waals surface area contributed by atoms with Crippen LogP contribution >= 0.6 is 0 Å². The van der Waals surface area contributed by atoms with Crippen LogP contribution in [-0.2, 0) is 44.8 Å². The molecule has 3 unspecified atom stereocenters. The number of carbonyl (C=O) groups excluding carboxylic acids is 5. The monoisotopic (exact) mass is 702 g/mol. The molecule has 1 heterocycles. The topological polar surface area (TPSA) is 299 Å². The van der Waals surface area contributed by atoms with Crippen molar-refractivity contribution >= 4 is 34.9 Å². The number of benzene rings is 1. The second-order valence-corrected chi connectivity index (χ2v) is 11.8. The number of ketones is 3. The van der Waals surface area contributed by atoms with Crippen molar-refractivity contribution in [1.29, 1.82) is 0 Å². The highest BCUT2D eigenvalue weighted by atomic mass is 16.7. The lowest BCUT2D eigenvalue weighted by Gasteiger charge is -2.42. The molecule has 0 spiro atoms. The number of hydrogen-bond acceptors (Lipinski definition) is 17. The number of aliphatic hydroxyl groups excluding tert-OH is 8. The molecule has 0 aliphatic carbocycles. The van der Waals surface area contributed by atoms with Gasteiger partial charge in [-0.3, -0.25) is 19.2 Å². The highest BCUT2D eigenvalue weighted by molar-refractivity contribution is 5.98. The fourth-order valence-electron chi connectivity index (χ4n) is 4.82. The van der Waals surface area contributed by atoms with Crippen LogP contribution in [0, 0.1) is 5.92 Å². The average Bonchev–Trinajstić information content (AvgIpc) is 3.07. The van der Waals surface area contributed by atoms with Crippen LogP contribution in [0.1, 0.15) is 39.2 Å². The zero-order chi connectivity index (χ0) is 37.0. The molecular weight excluding hydrogens is 656 g/mol. The lowest BCUT2D eigenvalue weighted by Crippen LogP contribution is -2.62. The second kappa shape index (κ2) is 19.8. The maximum atomic E-state index is 13.0. The Morgan fingerprint density at radius 2 is 1.53 bits per heavy atom. The van der Waals surface area contributed by atoms with Crippen molar-refractivity contribution in [3.05, 3.63) is 29.8 Å². The van der Waals surface area contributed by atoms with Gasteiger partial charge in [-0.25, -0.2) is 0 Å². The van der Waals surface area contributed by atoms with E-state index >= 15 is 0 Å². The smallest absolute Gasteiger partial charge is 0.302 e. The van der Waals surface area contributed by atoms with Crippen molar-refractivity contribution in [2.45, 2.75) is 101 Å². The SMILES string of the molecule is CC(=O)CC(CC(=O)C(C)NCC(=O)[C@H](O)[C@H](O)C(O[C@@H]1O[C@H](CO)[C@H](O)[C@H](O)[C@H]1O)[C@H](O)CO)C(=O)Nc1ccc(COC(C)=O)cc1. The molecular formula is C31H46N2O16. The molecule has 1 aliphatic rings. The Balaban J connectivity index is 2.00. The predicted octanol–water partition coefficient (Wildman–Crippen LogP) is -3.95. The van der Waals surface area contributed by atoms with E-state index in [0.717, 1.165) is 0 Å². The molecule has 0 saturated carbocycles. The van der Waals surface area contributed by atoms with Crippen molar-refractivity contribution < 1.29 is 79.0 Å². The molecule has 11 atom stereocenters. The number of ether oxygens (including phenoxy) is 3. The van der Waals surface area contributed by atoms with Crippen LogP contribution in [0.5, 0.6) is 0 Å². The number of aliphatic hydroxyl groups is 8. The fourth-order valence-corrected chi connectivity index (χ4v) is 4.82. The summed E-state index contributed by atoms with van der Waals surface area (Å²) >= 11 is 0. The molecule has 10 N–H and O–H groups in total. The van der Waals surface area contributed by atoms with Gasteiger partial charge in [0, 0.05) is 25.5 Å². The zero-order valence-electron chi connectivity index (χ0n) is 27.2. The normalized spacial score (nSPS) is 24.5. The van der Waals surface area contributed by atoms with Crippen molar-refractivity contribution in [2.75, 3.05) is 25.1 Å². The van der Waals surface area contributed by atoms with Gasteiger partial charge in [0.1, 0.15) is 67.0 Å². The van der Waals surface area contributed by atoms with Crippen molar-refractivity contribution in [3.8, 4) is 0 Å². The van der Waals surface area contributed by atoms with Gasteiger partial charge in [-0.05, 0) is 31.5 Å². The van der Waals surface area contributed by atoms with E-state index in [2.05, 4.69) is 10.6 Å². The van der Waals surface area contributed by atoms with Gasteiger partial charge in [0.05, 0.1) is 31.7 Å². The predicted molar refractivity (Wildman–Crippen MR) is 165 cm³/mol. The Bertz CT molecular complexity index is 1260. The number of anilines is 1. The maximum Gasteiger partial charge on any atom is 0.302 e. The molecule has 1 fully saturated rings. The van der Waals surface area contributed by atoms with E-state index in [-0.39, 0.29) is 18.8 Å². The molecule has 18 nitrogen and oxygen atoms in total. The third kappa shape index (κ3) is 12.5. The standard InChI is InChI=1S/C31H46N2O16/c1-14(36)8-18(30(46)33-19-6-4-17(5-7-19)13-47-16(3)37)9-20(38)15(2)32-10-21(39)24(41)27(44)29(22(40)11-34)49-31-28(45)26(43)25(42)23(12-35)48-31/h4-7,15,18,22-29,31-32,34-35,40-45H,8-13H2,1-3H3,(H,33,46)/t15?,18?,22-,23-,24+,25+,26+,27+,28-,29?,31+/m1/s1. The first kappa shape index (κ1) is 41.9. The number of rotatable bonds is 20. The van der Waals surface area contributed by atoms with E-state index in [1.807, 2.05) is 0 Å². The summed E-state index contributed by atoms with van der Waals surface area (Å²) in [6.07, 6.45) is -18.1. The van der Waals surface area contributed by atoms with Gasteiger partial charge in [0.15, 0.2) is 12.1 Å².